The zero-order chi connectivity index (χ0) is 13.4. The second-order valence-corrected chi connectivity index (χ2v) is 4.57. The van der Waals surface area contributed by atoms with E-state index in [2.05, 4.69) is 5.32 Å². The third kappa shape index (κ3) is 5.49. The van der Waals surface area contributed by atoms with Crippen molar-refractivity contribution < 1.29 is 19.1 Å². The maximum Gasteiger partial charge on any atom is 0.328 e. The largest absolute Gasteiger partial charge is 0.464 e. The molecule has 0 spiro atoms. The molecule has 1 amide bonds. The zero-order valence-corrected chi connectivity index (χ0v) is 11.2. The number of ether oxygens (including phenoxy) is 2. The van der Waals surface area contributed by atoms with Gasteiger partial charge in [-0.3, -0.25) is 4.79 Å². The lowest BCUT2D eigenvalue weighted by Gasteiger charge is -2.22. The Hall–Kier alpha value is -1.10. The van der Waals surface area contributed by atoms with Crippen LogP contribution < -0.4 is 5.32 Å². The molecule has 104 valence electrons. The molecule has 0 bridgehead atoms. The Morgan fingerprint density at radius 3 is 2.83 bits per heavy atom. The Bertz CT molecular complexity index is 274. The average molecular weight is 257 g/mol. The van der Waals surface area contributed by atoms with E-state index in [1.807, 2.05) is 0 Å². The van der Waals surface area contributed by atoms with Gasteiger partial charge < -0.3 is 14.8 Å². The lowest BCUT2D eigenvalue weighted by atomic mass is 10.0. The molecule has 1 saturated heterocycles. The summed E-state index contributed by atoms with van der Waals surface area (Å²) in [6.07, 6.45) is 4.63. The van der Waals surface area contributed by atoms with Crippen LogP contribution in [0.4, 0.5) is 0 Å². The van der Waals surface area contributed by atoms with E-state index >= 15 is 0 Å². The van der Waals surface area contributed by atoms with Crippen LogP contribution in [0.25, 0.3) is 0 Å². The summed E-state index contributed by atoms with van der Waals surface area (Å²) in [6, 6.07) is -0.579. The topological polar surface area (TPSA) is 64.6 Å². The van der Waals surface area contributed by atoms with Gasteiger partial charge in [-0.25, -0.2) is 4.79 Å². The average Bonchev–Trinajstić information content (AvgIpc) is 2.38. The molecule has 0 aliphatic carbocycles. The fraction of sp³-hybridized carbons (Fsp3) is 0.846. The van der Waals surface area contributed by atoms with Gasteiger partial charge in [0.05, 0.1) is 12.7 Å². The second kappa shape index (κ2) is 8.08. The van der Waals surface area contributed by atoms with Gasteiger partial charge in [-0.05, 0) is 39.5 Å². The number of amides is 1. The van der Waals surface area contributed by atoms with E-state index in [1.165, 1.54) is 6.42 Å². The molecule has 1 aliphatic heterocycles. The van der Waals surface area contributed by atoms with Crippen LogP contribution in [-0.2, 0) is 19.1 Å². The van der Waals surface area contributed by atoms with E-state index < -0.39 is 6.04 Å². The highest BCUT2D eigenvalue weighted by atomic mass is 16.5. The van der Waals surface area contributed by atoms with Crippen molar-refractivity contribution in [1.29, 1.82) is 0 Å². The molecular weight excluding hydrogens is 234 g/mol. The number of esters is 1. The van der Waals surface area contributed by atoms with Crippen LogP contribution in [0.1, 0.15) is 46.0 Å². The molecule has 1 rings (SSSR count). The molecule has 5 nitrogen and oxygen atoms in total. The first kappa shape index (κ1) is 15.0. The smallest absolute Gasteiger partial charge is 0.328 e. The van der Waals surface area contributed by atoms with Crippen LogP contribution in [0.3, 0.4) is 0 Å². The molecule has 1 aliphatic rings. The van der Waals surface area contributed by atoms with E-state index in [4.69, 9.17) is 9.47 Å². The van der Waals surface area contributed by atoms with Gasteiger partial charge in [-0.15, -0.1) is 0 Å². The van der Waals surface area contributed by atoms with Crippen molar-refractivity contribution >= 4 is 11.9 Å². The van der Waals surface area contributed by atoms with E-state index in [0.717, 1.165) is 25.9 Å². The van der Waals surface area contributed by atoms with Crippen molar-refractivity contribution in [3.05, 3.63) is 0 Å². The van der Waals surface area contributed by atoms with Crippen LogP contribution in [0.15, 0.2) is 0 Å². The summed E-state index contributed by atoms with van der Waals surface area (Å²) in [7, 11) is 0. The van der Waals surface area contributed by atoms with E-state index in [-0.39, 0.29) is 18.0 Å². The lowest BCUT2D eigenvalue weighted by molar-refractivity contribution is -0.146. The predicted octanol–water partition coefficient (Wildman–Crippen LogP) is 1.40. The van der Waals surface area contributed by atoms with Crippen LogP contribution >= 0.6 is 0 Å². The van der Waals surface area contributed by atoms with E-state index in [1.54, 1.807) is 13.8 Å². The molecular formula is C13H23NO4. The highest BCUT2D eigenvalue weighted by molar-refractivity contribution is 5.84. The summed E-state index contributed by atoms with van der Waals surface area (Å²) < 4.78 is 10.4. The van der Waals surface area contributed by atoms with Gasteiger partial charge in [0.25, 0.3) is 0 Å². The monoisotopic (exact) mass is 257 g/mol. The summed E-state index contributed by atoms with van der Waals surface area (Å²) in [4.78, 5) is 23.0. The van der Waals surface area contributed by atoms with Crippen LogP contribution in [0, 0.1) is 0 Å². The SMILES string of the molecule is CCOC(=O)C(C)NC(=O)CCC1CCCCO1. The van der Waals surface area contributed by atoms with Gasteiger partial charge in [-0.2, -0.15) is 0 Å². The number of rotatable bonds is 6. The summed E-state index contributed by atoms with van der Waals surface area (Å²) in [6.45, 7) is 4.50. The number of hydrogen-bond acceptors (Lipinski definition) is 4. The molecule has 0 aromatic carbocycles. The van der Waals surface area contributed by atoms with Crippen molar-refractivity contribution in [2.45, 2.75) is 58.1 Å². The summed E-state index contributed by atoms with van der Waals surface area (Å²) in [5.41, 5.74) is 0. The minimum Gasteiger partial charge on any atom is -0.464 e. The fourth-order valence-corrected chi connectivity index (χ4v) is 1.97. The molecule has 1 fully saturated rings. The molecule has 0 radical (unpaired) electrons. The molecule has 0 aromatic rings. The normalized spacial score (nSPS) is 21.1. The van der Waals surface area contributed by atoms with E-state index in [9.17, 15) is 9.59 Å². The number of carbonyl (C=O) groups is 2. The number of hydrogen-bond donors (Lipinski definition) is 1. The minimum atomic E-state index is -0.579. The van der Waals surface area contributed by atoms with Gasteiger partial charge in [0.1, 0.15) is 6.04 Å². The lowest BCUT2D eigenvalue weighted by Crippen LogP contribution is -2.39. The molecule has 2 unspecified atom stereocenters. The number of carbonyl (C=O) groups excluding carboxylic acids is 2. The van der Waals surface area contributed by atoms with Crippen molar-refractivity contribution in [3.63, 3.8) is 0 Å². The highest BCUT2D eigenvalue weighted by Gasteiger charge is 2.19. The van der Waals surface area contributed by atoms with Crippen molar-refractivity contribution in [3.8, 4) is 0 Å². The van der Waals surface area contributed by atoms with Gasteiger partial charge in [0.15, 0.2) is 0 Å². The fourth-order valence-electron chi connectivity index (χ4n) is 1.97. The maximum atomic E-state index is 11.6. The van der Waals surface area contributed by atoms with Gasteiger partial charge in [0, 0.05) is 13.0 Å². The van der Waals surface area contributed by atoms with Crippen molar-refractivity contribution in [2.24, 2.45) is 0 Å². The maximum absolute atomic E-state index is 11.6. The first-order valence-corrected chi connectivity index (χ1v) is 6.71. The van der Waals surface area contributed by atoms with Gasteiger partial charge >= 0.3 is 5.97 Å². The van der Waals surface area contributed by atoms with Gasteiger partial charge in [-0.1, -0.05) is 0 Å². The van der Waals surface area contributed by atoms with Crippen LogP contribution in [-0.4, -0.2) is 37.2 Å². The van der Waals surface area contributed by atoms with Crippen molar-refractivity contribution in [1.82, 2.24) is 5.32 Å². The summed E-state index contributed by atoms with van der Waals surface area (Å²) in [5.74, 6) is -0.510. The zero-order valence-electron chi connectivity index (χ0n) is 11.2. The first-order chi connectivity index (χ1) is 8.63. The molecule has 1 heterocycles. The molecule has 18 heavy (non-hydrogen) atoms. The molecule has 0 aromatic heterocycles. The molecule has 0 saturated carbocycles. The highest BCUT2D eigenvalue weighted by Crippen LogP contribution is 2.16. The minimum absolute atomic E-state index is 0.121. The Morgan fingerprint density at radius 1 is 1.44 bits per heavy atom. The van der Waals surface area contributed by atoms with Crippen molar-refractivity contribution in [2.75, 3.05) is 13.2 Å². The summed E-state index contributed by atoms with van der Waals surface area (Å²) in [5, 5.41) is 2.64. The first-order valence-electron chi connectivity index (χ1n) is 6.71. The van der Waals surface area contributed by atoms with Crippen LogP contribution in [0.5, 0.6) is 0 Å². The number of nitrogens with one attached hydrogen (secondary N) is 1. The Balaban J connectivity index is 2.18. The Morgan fingerprint density at radius 2 is 2.22 bits per heavy atom. The molecule has 1 N–H and O–H groups in total. The van der Waals surface area contributed by atoms with Crippen LogP contribution in [0.2, 0.25) is 0 Å². The van der Waals surface area contributed by atoms with E-state index in [0.29, 0.717) is 13.0 Å². The quantitative estimate of drug-likeness (QED) is 0.731. The standard InChI is InChI=1S/C13H23NO4/c1-3-17-13(16)10(2)14-12(15)8-7-11-6-4-5-9-18-11/h10-11H,3-9H2,1-2H3,(H,14,15). The third-order valence-electron chi connectivity index (χ3n) is 2.99. The predicted molar refractivity (Wildman–Crippen MR) is 67.1 cm³/mol. The summed E-state index contributed by atoms with van der Waals surface area (Å²) >= 11 is 0. The third-order valence-corrected chi connectivity index (χ3v) is 2.99. The molecule has 2 atom stereocenters. The Kier molecular flexibility index (Phi) is 6.72. The van der Waals surface area contributed by atoms with Gasteiger partial charge in [0.2, 0.25) is 5.91 Å². The Labute approximate surface area is 108 Å². The second-order valence-electron chi connectivity index (χ2n) is 4.57. The molecule has 5 heteroatoms.